The van der Waals surface area contributed by atoms with Crippen LogP contribution in [0.3, 0.4) is 0 Å². The molecule has 0 bridgehead atoms. The Morgan fingerprint density at radius 3 is 1.54 bits per heavy atom. The highest BCUT2D eigenvalue weighted by atomic mass is 16.6. The van der Waals surface area contributed by atoms with Crippen molar-refractivity contribution in [3.05, 3.63) is 126 Å². The quantitative estimate of drug-likeness (QED) is 0.0240. The third-order valence-corrected chi connectivity index (χ3v) is 12.3. The van der Waals surface area contributed by atoms with Gasteiger partial charge in [-0.3, -0.25) is 19.2 Å². The van der Waals surface area contributed by atoms with Crippen molar-refractivity contribution >= 4 is 35.8 Å². The van der Waals surface area contributed by atoms with Crippen LogP contribution in [0.4, 0.5) is 0 Å². The molecule has 0 N–H and O–H groups in total. The molecule has 4 aromatic carbocycles. The van der Waals surface area contributed by atoms with Crippen molar-refractivity contribution in [2.45, 2.75) is 103 Å². The molecule has 2 aliphatic carbocycles. The zero-order chi connectivity index (χ0) is 49.5. The Kier molecular flexibility index (Phi) is 20.7. The summed E-state index contributed by atoms with van der Waals surface area (Å²) in [6.07, 6.45) is 10.7. The van der Waals surface area contributed by atoms with Gasteiger partial charge >= 0.3 is 35.8 Å². The van der Waals surface area contributed by atoms with Crippen LogP contribution in [-0.2, 0) is 33.4 Å². The molecule has 4 aromatic rings. The monoisotopic (exact) mass is 954 g/mol. The summed E-state index contributed by atoms with van der Waals surface area (Å²) in [5, 5.41) is 0. The number of benzene rings is 4. The topological polar surface area (TPSA) is 167 Å². The highest BCUT2D eigenvalue weighted by Gasteiger charge is 2.35. The van der Waals surface area contributed by atoms with Crippen molar-refractivity contribution in [2.24, 2.45) is 23.7 Å². The van der Waals surface area contributed by atoms with Gasteiger partial charge in [0.15, 0.2) is 11.5 Å². The molecule has 70 heavy (non-hydrogen) atoms. The van der Waals surface area contributed by atoms with Gasteiger partial charge in [-0.1, -0.05) is 62.5 Å². The van der Waals surface area contributed by atoms with E-state index in [2.05, 4.69) is 25.3 Å². The van der Waals surface area contributed by atoms with E-state index in [4.69, 9.17) is 33.2 Å². The van der Waals surface area contributed by atoms with E-state index in [1.807, 2.05) is 30.3 Å². The molecule has 13 heteroatoms. The van der Waals surface area contributed by atoms with Gasteiger partial charge < -0.3 is 33.2 Å². The maximum atomic E-state index is 13.8. The highest BCUT2D eigenvalue weighted by molar-refractivity contribution is 5.92. The molecule has 0 saturated heterocycles. The molecule has 0 unspecified atom stereocenters. The zero-order valence-electron chi connectivity index (χ0n) is 39.9. The number of carbonyl (C=O) groups excluding carboxylic acids is 6. The standard InChI is InChI=1S/C57H62O13/c1-3-5-11-39-66-53(59)42-25-27-45(28-26-42)55(61)68-49-17-14-18-50(52(49)70-57(63)43-23-21-41(22-24-43)20-19-40-15-9-8-10-16-40)69-56(62)46-31-29-44(30-32-46)54(60)67-48-35-33-47(34-36-48)64-37-12-6-7-13-38-65-51(58)4-2/h4,8-10,14-18,21-24,33-36,42,44-46H,2-3,5-7,11-13,25-32,37-39H2,1H3. The van der Waals surface area contributed by atoms with Crippen LogP contribution in [0.2, 0.25) is 0 Å². The molecule has 0 amide bonds. The van der Waals surface area contributed by atoms with Gasteiger partial charge in [0.2, 0.25) is 5.75 Å². The van der Waals surface area contributed by atoms with E-state index in [0.717, 1.165) is 56.6 Å². The van der Waals surface area contributed by atoms with Gasteiger partial charge in [0.1, 0.15) is 11.5 Å². The molecule has 2 fully saturated rings. The van der Waals surface area contributed by atoms with Crippen molar-refractivity contribution < 1.29 is 61.9 Å². The molecule has 2 aliphatic rings. The number of hydrogen-bond donors (Lipinski definition) is 0. The number of para-hydroxylation sites is 1. The SMILES string of the molecule is C=CC(=O)OCCCCCCOc1ccc(OC(=O)C2CCC(C(=O)Oc3cccc(OC(=O)C4CCC(C(=O)OCCCCC)CC4)c3OC(=O)c3ccc(C#Cc4ccccc4)cc3)CC2)cc1. The van der Waals surface area contributed by atoms with Crippen LogP contribution in [0.1, 0.15) is 125 Å². The lowest BCUT2D eigenvalue weighted by molar-refractivity contribution is -0.152. The van der Waals surface area contributed by atoms with Gasteiger partial charge in [0.25, 0.3) is 0 Å². The summed E-state index contributed by atoms with van der Waals surface area (Å²) in [6, 6.07) is 27.3. The summed E-state index contributed by atoms with van der Waals surface area (Å²) in [5.74, 6) is 1.97. The van der Waals surface area contributed by atoms with Crippen LogP contribution >= 0.6 is 0 Å². The Morgan fingerprint density at radius 1 is 0.500 bits per heavy atom. The van der Waals surface area contributed by atoms with Gasteiger partial charge in [-0.15, -0.1) is 0 Å². The van der Waals surface area contributed by atoms with Crippen LogP contribution < -0.4 is 23.7 Å². The lowest BCUT2D eigenvalue weighted by atomic mass is 9.82. The maximum absolute atomic E-state index is 13.8. The number of hydrogen-bond acceptors (Lipinski definition) is 13. The first-order chi connectivity index (χ1) is 34.1. The van der Waals surface area contributed by atoms with E-state index >= 15 is 0 Å². The predicted octanol–water partition coefficient (Wildman–Crippen LogP) is 10.7. The van der Waals surface area contributed by atoms with E-state index in [1.165, 1.54) is 18.2 Å². The molecule has 368 valence electrons. The van der Waals surface area contributed by atoms with E-state index in [1.54, 1.807) is 48.5 Å². The normalized spacial score (nSPS) is 17.3. The number of ether oxygens (including phenoxy) is 7. The van der Waals surface area contributed by atoms with Crippen LogP contribution in [0.25, 0.3) is 0 Å². The minimum atomic E-state index is -0.781. The maximum Gasteiger partial charge on any atom is 0.343 e. The summed E-state index contributed by atoms with van der Waals surface area (Å²) >= 11 is 0. The van der Waals surface area contributed by atoms with E-state index < -0.39 is 47.6 Å². The Balaban J connectivity index is 1.04. The van der Waals surface area contributed by atoms with Crippen molar-refractivity contribution in [1.82, 2.24) is 0 Å². The van der Waals surface area contributed by atoms with E-state index in [0.29, 0.717) is 88.2 Å². The molecule has 13 nitrogen and oxygen atoms in total. The lowest BCUT2D eigenvalue weighted by Gasteiger charge is -2.27. The summed E-state index contributed by atoms with van der Waals surface area (Å²) in [4.78, 5) is 78.1. The zero-order valence-corrected chi connectivity index (χ0v) is 39.9. The van der Waals surface area contributed by atoms with Gasteiger partial charge in [0, 0.05) is 17.2 Å². The molecule has 2 saturated carbocycles. The van der Waals surface area contributed by atoms with E-state index in [9.17, 15) is 28.8 Å². The Bertz CT molecular complexity index is 2430. The van der Waals surface area contributed by atoms with Gasteiger partial charge in [-0.25, -0.2) is 9.59 Å². The number of carbonyl (C=O) groups is 6. The number of unbranched alkanes of at least 4 members (excludes halogenated alkanes) is 5. The summed E-state index contributed by atoms with van der Waals surface area (Å²) in [6.45, 7) is 6.73. The van der Waals surface area contributed by atoms with Crippen LogP contribution in [0.5, 0.6) is 28.7 Å². The smallest absolute Gasteiger partial charge is 0.343 e. The van der Waals surface area contributed by atoms with Crippen molar-refractivity contribution in [1.29, 1.82) is 0 Å². The predicted molar refractivity (Wildman–Crippen MR) is 260 cm³/mol. The molecule has 6 rings (SSSR count). The Morgan fingerprint density at radius 2 is 0.986 bits per heavy atom. The highest BCUT2D eigenvalue weighted by Crippen LogP contribution is 2.41. The molecule has 0 atom stereocenters. The fourth-order valence-corrected chi connectivity index (χ4v) is 8.20. The van der Waals surface area contributed by atoms with Crippen LogP contribution in [0, 0.1) is 35.5 Å². The Labute approximate surface area is 410 Å². The third-order valence-electron chi connectivity index (χ3n) is 12.3. The summed E-state index contributed by atoms with van der Waals surface area (Å²) in [5.41, 5.74) is 1.70. The first-order valence-electron chi connectivity index (χ1n) is 24.5. The van der Waals surface area contributed by atoms with Crippen molar-refractivity contribution in [2.75, 3.05) is 19.8 Å². The van der Waals surface area contributed by atoms with Crippen molar-refractivity contribution in [3.8, 4) is 40.6 Å². The molecular formula is C57H62O13. The van der Waals surface area contributed by atoms with Gasteiger partial charge in [0.05, 0.1) is 49.1 Å². The Hall–Kier alpha value is -7.20. The lowest BCUT2D eigenvalue weighted by Crippen LogP contribution is -2.30. The number of rotatable bonds is 22. The van der Waals surface area contributed by atoms with Crippen LogP contribution in [0.15, 0.2) is 110 Å². The minimum Gasteiger partial charge on any atom is -0.494 e. The van der Waals surface area contributed by atoms with Crippen molar-refractivity contribution in [3.63, 3.8) is 0 Å². The first kappa shape index (κ1) is 52.2. The molecule has 0 heterocycles. The molecule has 0 aliphatic heterocycles. The second-order valence-corrected chi connectivity index (χ2v) is 17.5. The third kappa shape index (κ3) is 16.5. The van der Waals surface area contributed by atoms with Gasteiger partial charge in [-0.2, -0.15) is 0 Å². The second-order valence-electron chi connectivity index (χ2n) is 17.5. The molecule has 0 spiro atoms. The molecule has 0 radical (unpaired) electrons. The van der Waals surface area contributed by atoms with E-state index in [-0.39, 0.29) is 34.7 Å². The second kappa shape index (κ2) is 27.7. The fraction of sp³-hybridized carbons (Fsp3) is 0.404. The average Bonchev–Trinajstić information content (AvgIpc) is 3.39. The number of esters is 6. The minimum absolute atomic E-state index is 0.102. The molecule has 0 aromatic heterocycles. The molecular weight excluding hydrogens is 893 g/mol. The summed E-state index contributed by atoms with van der Waals surface area (Å²) < 4.78 is 39.7. The summed E-state index contributed by atoms with van der Waals surface area (Å²) in [7, 11) is 0. The first-order valence-corrected chi connectivity index (χ1v) is 24.5. The average molecular weight is 955 g/mol. The van der Waals surface area contributed by atoms with Gasteiger partial charge in [-0.05, 0) is 156 Å². The fourth-order valence-electron chi connectivity index (χ4n) is 8.20. The largest absolute Gasteiger partial charge is 0.494 e. The van der Waals surface area contributed by atoms with Crippen LogP contribution in [-0.4, -0.2) is 55.6 Å².